The third-order valence-electron chi connectivity index (χ3n) is 5.25. The van der Waals surface area contributed by atoms with E-state index in [2.05, 4.69) is 35.9 Å². The van der Waals surface area contributed by atoms with E-state index in [1.165, 1.54) is 29.3 Å². The number of hydrogen-bond acceptors (Lipinski definition) is 3. The van der Waals surface area contributed by atoms with Crippen molar-refractivity contribution in [1.29, 1.82) is 5.26 Å². The van der Waals surface area contributed by atoms with Gasteiger partial charge in [-0.15, -0.1) is 0 Å². The minimum absolute atomic E-state index is 0.0530. The lowest BCUT2D eigenvalue weighted by molar-refractivity contribution is -0.112. The summed E-state index contributed by atoms with van der Waals surface area (Å²) in [7, 11) is 0. The second kappa shape index (κ2) is 8.72. The molecule has 0 radical (unpaired) electrons. The highest BCUT2D eigenvalue weighted by molar-refractivity contribution is 6.10. The summed E-state index contributed by atoms with van der Waals surface area (Å²) in [5.41, 5.74) is 6.37. The first-order valence-electron chi connectivity index (χ1n) is 9.74. The van der Waals surface area contributed by atoms with Gasteiger partial charge in [-0.2, -0.15) is 5.26 Å². The van der Waals surface area contributed by atoms with E-state index in [0.29, 0.717) is 5.69 Å². The minimum Gasteiger partial charge on any atom is -0.478 e. The normalized spacial score (nSPS) is 11.1. The molecular formula is C25H23N3O3. The summed E-state index contributed by atoms with van der Waals surface area (Å²) in [6.45, 7) is 8.04. The Labute approximate surface area is 181 Å². The molecule has 0 saturated carbocycles. The van der Waals surface area contributed by atoms with Crippen LogP contribution in [0.15, 0.2) is 54.1 Å². The number of carboxylic acid groups (broad SMARTS) is 1. The predicted molar refractivity (Wildman–Crippen MR) is 120 cm³/mol. The van der Waals surface area contributed by atoms with E-state index < -0.39 is 11.9 Å². The summed E-state index contributed by atoms with van der Waals surface area (Å²) in [5.74, 6) is -1.69. The molecule has 0 spiro atoms. The van der Waals surface area contributed by atoms with Crippen LogP contribution in [-0.2, 0) is 4.79 Å². The van der Waals surface area contributed by atoms with Gasteiger partial charge in [0, 0.05) is 22.8 Å². The molecule has 1 amide bonds. The molecule has 31 heavy (non-hydrogen) atoms. The third kappa shape index (κ3) is 4.57. The lowest BCUT2D eigenvalue weighted by Crippen LogP contribution is -2.14. The molecule has 0 bridgehead atoms. The van der Waals surface area contributed by atoms with Crippen molar-refractivity contribution in [1.82, 2.24) is 4.57 Å². The van der Waals surface area contributed by atoms with Crippen molar-refractivity contribution < 1.29 is 14.7 Å². The maximum atomic E-state index is 12.6. The summed E-state index contributed by atoms with van der Waals surface area (Å²) in [6, 6.07) is 16.0. The van der Waals surface area contributed by atoms with Crippen LogP contribution in [0, 0.1) is 39.0 Å². The van der Waals surface area contributed by atoms with Gasteiger partial charge in [0.05, 0.1) is 5.56 Å². The van der Waals surface area contributed by atoms with Crippen molar-refractivity contribution >= 4 is 23.6 Å². The molecule has 6 heteroatoms. The van der Waals surface area contributed by atoms with Crippen LogP contribution in [0.5, 0.6) is 0 Å². The Morgan fingerprint density at radius 1 is 1.03 bits per heavy atom. The van der Waals surface area contributed by atoms with Gasteiger partial charge >= 0.3 is 5.97 Å². The summed E-state index contributed by atoms with van der Waals surface area (Å²) in [4.78, 5) is 23.7. The van der Waals surface area contributed by atoms with Crippen LogP contribution in [0.4, 0.5) is 5.69 Å². The van der Waals surface area contributed by atoms with Gasteiger partial charge in [0.25, 0.3) is 5.91 Å². The Kier molecular flexibility index (Phi) is 6.07. The van der Waals surface area contributed by atoms with Gasteiger partial charge in [0.15, 0.2) is 0 Å². The first kappa shape index (κ1) is 21.6. The number of nitrogens with one attached hydrogen (secondary N) is 1. The molecule has 0 atom stereocenters. The number of carboxylic acids is 1. The Bertz CT molecular complexity index is 1260. The lowest BCUT2D eigenvalue weighted by atomic mass is 10.1. The highest BCUT2D eigenvalue weighted by atomic mass is 16.4. The number of carbonyl (C=O) groups is 2. The Morgan fingerprint density at radius 2 is 1.77 bits per heavy atom. The molecule has 1 aromatic heterocycles. The van der Waals surface area contributed by atoms with E-state index in [1.807, 2.05) is 32.0 Å². The zero-order valence-corrected chi connectivity index (χ0v) is 17.9. The minimum atomic E-state index is -1.09. The topological polar surface area (TPSA) is 95.1 Å². The highest BCUT2D eigenvalue weighted by Gasteiger charge is 2.15. The number of benzene rings is 2. The molecule has 0 aliphatic heterocycles. The summed E-state index contributed by atoms with van der Waals surface area (Å²) < 4.78 is 2.08. The molecule has 0 unspecified atom stereocenters. The number of aromatic carboxylic acids is 1. The molecular weight excluding hydrogens is 390 g/mol. The van der Waals surface area contributed by atoms with Crippen LogP contribution in [0.25, 0.3) is 11.8 Å². The fourth-order valence-electron chi connectivity index (χ4n) is 3.43. The monoisotopic (exact) mass is 413 g/mol. The van der Waals surface area contributed by atoms with Crippen molar-refractivity contribution in [2.24, 2.45) is 0 Å². The van der Waals surface area contributed by atoms with E-state index in [9.17, 15) is 14.9 Å². The van der Waals surface area contributed by atoms with Gasteiger partial charge in [-0.3, -0.25) is 4.79 Å². The molecule has 6 nitrogen and oxygen atoms in total. The van der Waals surface area contributed by atoms with Crippen molar-refractivity contribution in [3.8, 4) is 11.8 Å². The Balaban J connectivity index is 1.93. The van der Waals surface area contributed by atoms with Crippen molar-refractivity contribution in [2.75, 3.05) is 5.32 Å². The molecule has 0 aliphatic carbocycles. The molecule has 2 aromatic carbocycles. The van der Waals surface area contributed by atoms with Gasteiger partial charge in [0.1, 0.15) is 11.6 Å². The zero-order chi connectivity index (χ0) is 22.7. The molecule has 2 N–H and O–H groups in total. The predicted octanol–water partition coefficient (Wildman–Crippen LogP) is 4.95. The van der Waals surface area contributed by atoms with Crippen molar-refractivity contribution in [2.45, 2.75) is 27.7 Å². The van der Waals surface area contributed by atoms with E-state index in [4.69, 9.17) is 5.11 Å². The molecule has 0 fully saturated rings. The van der Waals surface area contributed by atoms with E-state index in [1.54, 1.807) is 12.1 Å². The smallest absolute Gasteiger partial charge is 0.335 e. The largest absolute Gasteiger partial charge is 0.478 e. The van der Waals surface area contributed by atoms with Crippen molar-refractivity contribution in [3.05, 3.63) is 87.7 Å². The molecule has 3 aromatic rings. The maximum Gasteiger partial charge on any atom is 0.335 e. The second-order valence-corrected chi connectivity index (χ2v) is 7.44. The number of aryl methyl sites for hydroxylation is 3. The first-order chi connectivity index (χ1) is 14.7. The first-order valence-corrected chi connectivity index (χ1v) is 9.74. The number of anilines is 1. The molecule has 0 aliphatic rings. The number of amides is 1. The molecule has 1 heterocycles. The van der Waals surface area contributed by atoms with Crippen LogP contribution in [0.2, 0.25) is 0 Å². The standard InChI is InChI=1S/C25H23N3O3/c1-15-8-9-23(10-16(15)2)28-17(3)11-20(18(28)4)12-21(14-26)24(29)27-22-7-5-6-19(13-22)25(30)31/h5-13H,1-4H3,(H,27,29)(H,30,31)/b21-12-. The van der Waals surface area contributed by atoms with Crippen molar-refractivity contribution in [3.63, 3.8) is 0 Å². The van der Waals surface area contributed by atoms with Gasteiger partial charge in [-0.1, -0.05) is 12.1 Å². The fourth-order valence-corrected chi connectivity index (χ4v) is 3.43. The third-order valence-corrected chi connectivity index (χ3v) is 5.25. The van der Waals surface area contributed by atoms with Crippen LogP contribution >= 0.6 is 0 Å². The summed E-state index contributed by atoms with van der Waals surface area (Å²) in [6.07, 6.45) is 1.55. The van der Waals surface area contributed by atoms with Gasteiger partial charge in [-0.25, -0.2) is 4.79 Å². The quantitative estimate of drug-likeness (QED) is 0.457. The number of carbonyl (C=O) groups excluding carboxylic acids is 1. The molecule has 0 saturated heterocycles. The van der Waals surface area contributed by atoms with Gasteiger partial charge in [0.2, 0.25) is 0 Å². The Morgan fingerprint density at radius 3 is 2.42 bits per heavy atom. The van der Waals surface area contributed by atoms with E-state index >= 15 is 0 Å². The number of rotatable bonds is 5. The number of nitriles is 1. The van der Waals surface area contributed by atoms with Gasteiger partial charge in [-0.05, 0) is 86.9 Å². The zero-order valence-electron chi connectivity index (χ0n) is 17.9. The van der Waals surface area contributed by atoms with Crippen LogP contribution < -0.4 is 5.32 Å². The van der Waals surface area contributed by atoms with Crippen LogP contribution in [0.3, 0.4) is 0 Å². The van der Waals surface area contributed by atoms with Gasteiger partial charge < -0.3 is 15.0 Å². The average Bonchev–Trinajstić information content (AvgIpc) is 3.01. The van der Waals surface area contributed by atoms with Crippen LogP contribution in [-0.4, -0.2) is 21.6 Å². The molecule has 3 rings (SSSR count). The van der Waals surface area contributed by atoms with Crippen LogP contribution in [0.1, 0.15) is 38.4 Å². The molecule has 156 valence electrons. The second-order valence-electron chi connectivity index (χ2n) is 7.44. The Hall–Kier alpha value is -4.11. The maximum absolute atomic E-state index is 12.6. The summed E-state index contributed by atoms with van der Waals surface area (Å²) in [5, 5.41) is 21.2. The number of nitrogens with zero attached hydrogens (tertiary/aromatic N) is 2. The number of aromatic nitrogens is 1. The SMILES string of the molecule is Cc1ccc(-n2c(C)cc(/C=C(/C#N)C(=O)Nc3cccc(C(=O)O)c3)c2C)cc1C. The highest BCUT2D eigenvalue weighted by Crippen LogP contribution is 2.24. The lowest BCUT2D eigenvalue weighted by Gasteiger charge is -2.12. The van der Waals surface area contributed by atoms with E-state index in [0.717, 1.165) is 22.6 Å². The fraction of sp³-hybridized carbons (Fsp3) is 0.160. The number of hydrogen-bond donors (Lipinski definition) is 2. The average molecular weight is 413 g/mol. The summed E-state index contributed by atoms with van der Waals surface area (Å²) >= 11 is 0. The van der Waals surface area contributed by atoms with E-state index in [-0.39, 0.29) is 11.1 Å².